The van der Waals surface area contributed by atoms with Gasteiger partial charge in [0.15, 0.2) is 0 Å². The summed E-state index contributed by atoms with van der Waals surface area (Å²) in [5, 5.41) is 19.4. The molecule has 0 radical (unpaired) electrons. The van der Waals surface area contributed by atoms with E-state index in [-0.39, 0.29) is 17.4 Å². The second-order valence-electron chi connectivity index (χ2n) is 5.77. The van der Waals surface area contributed by atoms with Crippen molar-refractivity contribution in [3.63, 3.8) is 0 Å². The first-order valence-corrected chi connectivity index (χ1v) is 8.72. The molecule has 1 aliphatic heterocycles. The molecule has 0 spiro atoms. The molecule has 1 saturated heterocycles. The van der Waals surface area contributed by atoms with Crippen LogP contribution >= 0.6 is 0 Å². The van der Waals surface area contributed by atoms with E-state index < -0.39 is 0 Å². The van der Waals surface area contributed by atoms with Crippen molar-refractivity contribution in [2.24, 2.45) is 0 Å². The summed E-state index contributed by atoms with van der Waals surface area (Å²) in [5.74, 6) is -0.298. The van der Waals surface area contributed by atoms with Gasteiger partial charge in [-0.05, 0) is 0 Å². The van der Waals surface area contributed by atoms with Crippen molar-refractivity contribution in [2.75, 3.05) is 11.9 Å². The van der Waals surface area contributed by atoms with E-state index in [1.807, 2.05) is 24.3 Å². The first-order chi connectivity index (χ1) is 11.9. The molecule has 5 nitrogen and oxygen atoms in total. The van der Waals surface area contributed by atoms with Gasteiger partial charge in [0.1, 0.15) is 0 Å². The van der Waals surface area contributed by atoms with Gasteiger partial charge in [0, 0.05) is 0 Å². The number of aromatic hydroxyl groups is 2. The second kappa shape index (κ2) is 6.75. The van der Waals surface area contributed by atoms with Gasteiger partial charge in [-0.2, -0.15) is 0 Å². The minimum absolute atomic E-state index is 0.0283. The van der Waals surface area contributed by atoms with Crippen LogP contribution in [0.3, 0.4) is 0 Å². The van der Waals surface area contributed by atoms with E-state index >= 15 is 0 Å². The maximum atomic E-state index is 12.9. The summed E-state index contributed by atoms with van der Waals surface area (Å²) < 4.78 is 0.666. The number of phenolic OH excluding ortho intramolecular Hbond substituents is 2. The van der Waals surface area contributed by atoms with E-state index in [2.05, 4.69) is 22.5 Å². The summed E-state index contributed by atoms with van der Waals surface area (Å²) in [6.07, 6.45) is 2.54. The fourth-order valence-corrected chi connectivity index (χ4v) is 3.27. The number of aryl methyl sites for hydroxylation is 1. The van der Waals surface area contributed by atoms with Crippen LogP contribution < -0.4 is 4.90 Å². The van der Waals surface area contributed by atoms with Gasteiger partial charge < -0.3 is 0 Å². The number of phenols is 2. The number of amides is 1. The monoisotopic (exact) mass is 402 g/mol. The number of hydrogen-bond acceptors (Lipinski definition) is 4. The van der Waals surface area contributed by atoms with E-state index in [1.54, 1.807) is 29.0 Å². The zero-order chi connectivity index (χ0) is 18.1. The number of rotatable bonds is 3. The summed E-state index contributed by atoms with van der Waals surface area (Å²) in [5.41, 5.74) is 2.87. The second-order valence-corrected chi connectivity index (χ2v) is 6.54. The molecule has 1 aliphatic rings. The fourth-order valence-electron chi connectivity index (χ4n) is 2.67. The Bertz CT molecular complexity index is 875. The normalized spacial score (nSPS) is 16.2. The van der Waals surface area contributed by atoms with E-state index in [9.17, 15) is 15.0 Å². The zero-order valence-corrected chi connectivity index (χ0v) is 15.6. The summed E-state index contributed by atoms with van der Waals surface area (Å²) in [7, 11) is 1.79. The Hall–Kier alpha value is -2.56. The summed E-state index contributed by atoms with van der Waals surface area (Å²) in [6, 6.07) is 12.1. The van der Waals surface area contributed by atoms with E-state index in [0.717, 1.165) is 12.1 Å². The van der Waals surface area contributed by atoms with Crippen LogP contribution in [0.5, 0.6) is 11.5 Å². The van der Waals surface area contributed by atoms with Crippen molar-refractivity contribution < 1.29 is 15.0 Å². The molecule has 128 valence electrons. The van der Waals surface area contributed by atoms with Crippen molar-refractivity contribution in [3.05, 3.63) is 59.3 Å². The van der Waals surface area contributed by atoms with Crippen LogP contribution in [0.1, 0.15) is 18.1 Å². The number of nitrogens with zero attached hydrogens (tertiary/aromatic N) is 2. The molecule has 2 aromatic rings. The van der Waals surface area contributed by atoms with Crippen LogP contribution in [0.25, 0.3) is 6.08 Å². The SMILES string of the molecule is CCc1ccc(N2C(=O)C(=Cc3ccc(O)cc3O)N(C)C2=[Se])cc1. The van der Waals surface area contributed by atoms with Gasteiger partial charge in [-0.3, -0.25) is 0 Å². The molecule has 3 rings (SSSR count). The third-order valence-corrected chi connectivity index (χ3v) is 5.13. The third kappa shape index (κ3) is 3.18. The van der Waals surface area contributed by atoms with E-state index in [1.165, 1.54) is 17.7 Å². The first-order valence-electron chi connectivity index (χ1n) is 7.87. The van der Waals surface area contributed by atoms with Gasteiger partial charge in [-0.15, -0.1) is 0 Å². The Morgan fingerprint density at radius 1 is 1.12 bits per heavy atom. The molecule has 1 heterocycles. The van der Waals surface area contributed by atoms with Crippen LogP contribution in [0, 0.1) is 0 Å². The number of benzene rings is 2. The average molecular weight is 401 g/mol. The Balaban J connectivity index is 1.98. The van der Waals surface area contributed by atoms with Gasteiger partial charge >= 0.3 is 154 Å². The Morgan fingerprint density at radius 3 is 2.40 bits per heavy atom. The number of anilines is 1. The Kier molecular flexibility index (Phi) is 4.66. The van der Waals surface area contributed by atoms with Crippen LogP contribution in [0.15, 0.2) is 48.2 Å². The van der Waals surface area contributed by atoms with Crippen LogP contribution in [-0.2, 0) is 11.2 Å². The van der Waals surface area contributed by atoms with Crippen molar-refractivity contribution in [3.8, 4) is 11.5 Å². The summed E-state index contributed by atoms with van der Waals surface area (Å²) in [4.78, 5) is 16.2. The predicted molar refractivity (Wildman–Crippen MR) is 99.6 cm³/mol. The van der Waals surface area contributed by atoms with Crippen LogP contribution in [-0.4, -0.2) is 48.3 Å². The molecule has 1 fully saturated rings. The Labute approximate surface area is 154 Å². The van der Waals surface area contributed by atoms with Gasteiger partial charge in [0.2, 0.25) is 0 Å². The van der Waals surface area contributed by atoms with E-state index in [0.29, 0.717) is 15.9 Å². The molecule has 0 aliphatic carbocycles. The Morgan fingerprint density at radius 2 is 1.80 bits per heavy atom. The van der Waals surface area contributed by atoms with Gasteiger partial charge in [-0.25, -0.2) is 0 Å². The van der Waals surface area contributed by atoms with Crippen molar-refractivity contribution in [1.29, 1.82) is 0 Å². The summed E-state index contributed by atoms with van der Waals surface area (Å²) >= 11 is 2.94. The zero-order valence-electron chi connectivity index (χ0n) is 13.9. The quantitative estimate of drug-likeness (QED) is 0.612. The van der Waals surface area contributed by atoms with Gasteiger partial charge in [0.25, 0.3) is 0 Å². The molecule has 0 aromatic heterocycles. The molecular formula is C19H18N2O3Se. The number of carbonyl (C=O) groups excluding carboxylic acids is 1. The van der Waals surface area contributed by atoms with Crippen molar-refractivity contribution in [1.82, 2.24) is 4.90 Å². The van der Waals surface area contributed by atoms with Gasteiger partial charge in [-0.1, -0.05) is 0 Å². The average Bonchev–Trinajstić information content (AvgIpc) is 2.81. The molecule has 1 amide bonds. The van der Waals surface area contributed by atoms with Crippen molar-refractivity contribution in [2.45, 2.75) is 13.3 Å². The molecular weight excluding hydrogens is 383 g/mol. The van der Waals surface area contributed by atoms with E-state index in [4.69, 9.17) is 0 Å². The minimum atomic E-state index is -0.187. The van der Waals surface area contributed by atoms with Crippen molar-refractivity contribution >= 4 is 37.9 Å². The van der Waals surface area contributed by atoms with Crippen LogP contribution in [0.4, 0.5) is 5.69 Å². The predicted octanol–water partition coefficient (Wildman–Crippen LogP) is 2.24. The molecule has 2 N–H and O–H groups in total. The molecule has 0 atom stereocenters. The van der Waals surface area contributed by atoms with Gasteiger partial charge in [0.05, 0.1) is 0 Å². The molecule has 0 bridgehead atoms. The number of likely N-dealkylation sites (N-methyl/N-ethyl adjacent to an activating group) is 1. The topological polar surface area (TPSA) is 64.0 Å². The molecule has 2 aromatic carbocycles. The third-order valence-electron chi connectivity index (χ3n) is 4.17. The fraction of sp³-hybridized carbons (Fsp3) is 0.158. The molecule has 25 heavy (non-hydrogen) atoms. The van der Waals surface area contributed by atoms with Crippen LogP contribution in [0.2, 0.25) is 0 Å². The standard InChI is InChI=1S/C19H18N2O3Se/c1-3-12-4-7-14(8-5-12)21-18(24)16(20(2)19(21)25)10-13-6-9-15(22)11-17(13)23/h4-11,22-23H,3H2,1-2H3. The number of carbonyl (C=O) groups is 1. The first kappa shape index (κ1) is 17.3. The summed E-state index contributed by atoms with van der Waals surface area (Å²) in [6.45, 7) is 2.08. The number of hydrogen-bond donors (Lipinski definition) is 2. The molecule has 0 saturated carbocycles. The molecule has 0 unspecified atom stereocenters. The molecule has 6 heteroatoms. The maximum absolute atomic E-state index is 12.9.